The van der Waals surface area contributed by atoms with Crippen LogP contribution in [0.3, 0.4) is 0 Å². The summed E-state index contributed by atoms with van der Waals surface area (Å²) in [6.45, 7) is 0.585. The Bertz CT molecular complexity index is 1290. The Balaban J connectivity index is 1.37. The molecule has 8 heteroatoms. The molecule has 172 valence electrons. The number of hydrogen-bond acceptors (Lipinski definition) is 6. The second-order valence-electron chi connectivity index (χ2n) is 7.79. The van der Waals surface area contributed by atoms with Crippen molar-refractivity contribution in [2.24, 2.45) is 0 Å². The topological polar surface area (TPSA) is 78.3 Å². The van der Waals surface area contributed by atoms with E-state index in [1.54, 1.807) is 7.11 Å². The first kappa shape index (κ1) is 22.0. The van der Waals surface area contributed by atoms with Crippen LogP contribution in [0, 0.1) is 0 Å². The molecule has 7 nitrogen and oxygen atoms in total. The van der Waals surface area contributed by atoms with E-state index in [0.29, 0.717) is 17.6 Å². The zero-order valence-electron chi connectivity index (χ0n) is 18.7. The van der Waals surface area contributed by atoms with Gasteiger partial charge in [-0.25, -0.2) is 0 Å². The number of amides is 1. The van der Waals surface area contributed by atoms with Gasteiger partial charge in [-0.2, -0.15) is 0 Å². The summed E-state index contributed by atoms with van der Waals surface area (Å²) in [4.78, 5) is 12.9. The Morgan fingerprint density at radius 2 is 1.91 bits per heavy atom. The van der Waals surface area contributed by atoms with Crippen LogP contribution >= 0.6 is 11.8 Å². The first-order valence-corrected chi connectivity index (χ1v) is 12.0. The lowest BCUT2D eigenvalue weighted by Crippen LogP contribution is -2.33. The number of carbonyl (C=O) groups is 1. The molecule has 1 aliphatic heterocycles. The number of methoxy groups -OCH3 is 1. The van der Waals surface area contributed by atoms with E-state index in [2.05, 4.69) is 15.5 Å². The zero-order valence-corrected chi connectivity index (χ0v) is 19.5. The number of carbonyl (C=O) groups excluding carboxylic acids is 1. The molecule has 1 unspecified atom stereocenters. The van der Waals surface area contributed by atoms with Crippen molar-refractivity contribution in [3.05, 3.63) is 84.4 Å². The second-order valence-corrected chi connectivity index (χ2v) is 8.74. The summed E-state index contributed by atoms with van der Waals surface area (Å²) in [6, 6.07) is 25.4. The number of fused-ring (bicyclic) bond motifs is 1. The first-order valence-electron chi connectivity index (χ1n) is 11.0. The van der Waals surface area contributed by atoms with Crippen molar-refractivity contribution >= 4 is 17.7 Å². The number of nitrogens with one attached hydrogen (secondary N) is 1. The average Bonchev–Trinajstić information content (AvgIpc) is 3.32. The fourth-order valence-corrected chi connectivity index (χ4v) is 4.74. The molecule has 1 N–H and O–H groups in total. The predicted molar refractivity (Wildman–Crippen MR) is 132 cm³/mol. The van der Waals surface area contributed by atoms with Crippen LogP contribution < -0.4 is 14.8 Å². The smallest absolute Gasteiger partial charge is 0.230 e. The van der Waals surface area contributed by atoms with E-state index >= 15 is 0 Å². The summed E-state index contributed by atoms with van der Waals surface area (Å²) >= 11 is 1.36. The van der Waals surface area contributed by atoms with Crippen molar-refractivity contribution in [2.45, 2.75) is 17.6 Å². The Hall–Kier alpha value is -3.78. The third-order valence-corrected chi connectivity index (χ3v) is 6.53. The molecule has 4 aromatic rings. The van der Waals surface area contributed by atoms with E-state index in [-0.39, 0.29) is 17.7 Å². The molecule has 5 rings (SSSR count). The van der Waals surface area contributed by atoms with Gasteiger partial charge in [0.15, 0.2) is 11.0 Å². The van der Waals surface area contributed by atoms with Gasteiger partial charge in [-0.1, -0.05) is 60.3 Å². The standard InChI is InChI=1S/C26H24N4O3S/c1-32-20-11-7-8-18(16-20)25-28-29-26(30(25)19-9-3-2-4-10-19)34-17-24(31)27-22-14-15-33-23-13-6-5-12-21(22)23/h2-13,16,22H,14-15,17H2,1H3,(H,27,31). The molecule has 0 aliphatic carbocycles. The molecule has 1 aliphatic rings. The minimum absolute atomic E-state index is 0.0580. The average molecular weight is 473 g/mol. The van der Waals surface area contributed by atoms with Crippen molar-refractivity contribution in [3.8, 4) is 28.6 Å². The van der Waals surface area contributed by atoms with E-state index in [1.807, 2.05) is 83.4 Å². The van der Waals surface area contributed by atoms with Crippen LogP contribution in [0.4, 0.5) is 0 Å². The summed E-state index contributed by atoms with van der Waals surface area (Å²) < 4.78 is 13.1. The number of para-hydroxylation sites is 2. The molecule has 1 aromatic heterocycles. The minimum atomic E-state index is -0.0581. The van der Waals surface area contributed by atoms with Gasteiger partial charge in [0, 0.05) is 23.2 Å². The van der Waals surface area contributed by atoms with Gasteiger partial charge in [0.1, 0.15) is 11.5 Å². The Labute approximate surface area is 202 Å². The van der Waals surface area contributed by atoms with Crippen LogP contribution in [0.2, 0.25) is 0 Å². The number of hydrogen-bond donors (Lipinski definition) is 1. The fourth-order valence-electron chi connectivity index (χ4n) is 3.98. The van der Waals surface area contributed by atoms with Crippen LogP contribution in [0.15, 0.2) is 84.0 Å². The second kappa shape index (κ2) is 10.0. The van der Waals surface area contributed by atoms with Crippen molar-refractivity contribution < 1.29 is 14.3 Å². The largest absolute Gasteiger partial charge is 0.497 e. The SMILES string of the molecule is COc1cccc(-c2nnc(SCC(=O)NC3CCOc4ccccc43)n2-c2ccccc2)c1. The van der Waals surface area contributed by atoms with Crippen LogP contribution in [-0.4, -0.2) is 40.1 Å². The molecule has 0 fully saturated rings. The van der Waals surface area contributed by atoms with Crippen LogP contribution in [0.5, 0.6) is 11.5 Å². The molecule has 0 saturated heterocycles. The van der Waals surface area contributed by atoms with Crippen LogP contribution in [0.1, 0.15) is 18.0 Å². The maximum absolute atomic E-state index is 12.9. The number of aromatic nitrogens is 3. The third-order valence-electron chi connectivity index (χ3n) is 5.60. The minimum Gasteiger partial charge on any atom is -0.497 e. The highest BCUT2D eigenvalue weighted by molar-refractivity contribution is 7.99. The van der Waals surface area contributed by atoms with Crippen molar-refractivity contribution in [2.75, 3.05) is 19.5 Å². The fraction of sp³-hybridized carbons (Fsp3) is 0.192. The predicted octanol–water partition coefficient (Wildman–Crippen LogP) is 4.68. The van der Waals surface area contributed by atoms with Gasteiger partial charge in [-0.15, -0.1) is 10.2 Å². The number of ether oxygens (including phenoxy) is 2. The molecule has 3 aromatic carbocycles. The highest BCUT2D eigenvalue weighted by Crippen LogP contribution is 2.32. The Kier molecular flexibility index (Phi) is 6.49. The summed E-state index contributed by atoms with van der Waals surface area (Å²) in [6.07, 6.45) is 0.744. The summed E-state index contributed by atoms with van der Waals surface area (Å²) in [5, 5.41) is 12.7. The van der Waals surface area contributed by atoms with E-state index in [9.17, 15) is 4.79 Å². The Morgan fingerprint density at radius 3 is 2.76 bits per heavy atom. The van der Waals surface area contributed by atoms with Gasteiger partial charge < -0.3 is 14.8 Å². The maximum atomic E-state index is 12.9. The van der Waals surface area contributed by atoms with E-state index in [1.165, 1.54) is 11.8 Å². The van der Waals surface area contributed by atoms with Crippen molar-refractivity contribution in [1.82, 2.24) is 20.1 Å². The maximum Gasteiger partial charge on any atom is 0.230 e. The lowest BCUT2D eigenvalue weighted by molar-refractivity contribution is -0.119. The molecule has 0 radical (unpaired) electrons. The normalized spacial score (nSPS) is 14.7. The van der Waals surface area contributed by atoms with Gasteiger partial charge in [0.05, 0.1) is 25.5 Å². The van der Waals surface area contributed by atoms with E-state index in [4.69, 9.17) is 9.47 Å². The van der Waals surface area contributed by atoms with E-state index < -0.39 is 0 Å². The van der Waals surface area contributed by atoms with Gasteiger partial charge >= 0.3 is 0 Å². The summed E-state index contributed by atoms with van der Waals surface area (Å²) in [5.41, 5.74) is 2.82. The molecule has 0 saturated carbocycles. The Morgan fingerprint density at radius 1 is 1.09 bits per heavy atom. The summed E-state index contributed by atoms with van der Waals surface area (Å²) in [5.74, 6) is 2.43. The molecule has 1 atom stereocenters. The van der Waals surface area contributed by atoms with Gasteiger partial charge in [-0.3, -0.25) is 9.36 Å². The zero-order chi connectivity index (χ0) is 23.3. The molecule has 34 heavy (non-hydrogen) atoms. The van der Waals surface area contributed by atoms with Gasteiger partial charge in [0.2, 0.25) is 5.91 Å². The van der Waals surface area contributed by atoms with Gasteiger partial charge in [0.25, 0.3) is 0 Å². The molecule has 1 amide bonds. The lowest BCUT2D eigenvalue weighted by atomic mass is 10.0. The highest BCUT2D eigenvalue weighted by atomic mass is 32.2. The van der Waals surface area contributed by atoms with Crippen LogP contribution in [0.25, 0.3) is 17.1 Å². The number of nitrogens with zero attached hydrogens (tertiary/aromatic N) is 3. The molecular weight excluding hydrogens is 448 g/mol. The number of rotatable bonds is 7. The third kappa shape index (κ3) is 4.63. The monoisotopic (exact) mass is 472 g/mol. The summed E-state index contributed by atoms with van der Waals surface area (Å²) in [7, 11) is 1.64. The van der Waals surface area contributed by atoms with E-state index in [0.717, 1.165) is 34.7 Å². The van der Waals surface area contributed by atoms with Crippen LogP contribution in [-0.2, 0) is 4.79 Å². The number of thioether (sulfide) groups is 1. The quantitative estimate of drug-likeness (QED) is 0.394. The molecule has 0 spiro atoms. The molecule has 0 bridgehead atoms. The first-order chi connectivity index (χ1) is 16.7. The molecule has 2 heterocycles. The lowest BCUT2D eigenvalue weighted by Gasteiger charge is -2.26. The van der Waals surface area contributed by atoms with Crippen molar-refractivity contribution in [1.29, 1.82) is 0 Å². The van der Waals surface area contributed by atoms with Gasteiger partial charge in [-0.05, 0) is 30.3 Å². The van der Waals surface area contributed by atoms with Crippen molar-refractivity contribution in [3.63, 3.8) is 0 Å². The number of benzene rings is 3. The molecular formula is C26H24N4O3S. The highest BCUT2D eigenvalue weighted by Gasteiger charge is 2.23.